The summed E-state index contributed by atoms with van der Waals surface area (Å²) in [4.78, 5) is 32.8. The molecule has 0 atom stereocenters. The van der Waals surface area contributed by atoms with Gasteiger partial charge in [-0.05, 0) is 17.9 Å². The van der Waals surface area contributed by atoms with Crippen LogP contribution in [0.2, 0.25) is 0 Å². The molecule has 7 nitrogen and oxygen atoms in total. The predicted molar refractivity (Wildman–Crippen MR) is 107 cm³/mol. The molecular formula is C19H23N5O2S. The lowest BCUT2D eigenvalue weighted by molar-refractivity contribution is -0.123. The predicted octanol–water partition coefficient (Wildman–Crippen LogP) is 3.62. The summed E-state index contributed by atoms with van der Waals surface area (Å²) in [7, 11) is 0. The Morgan fingerprint density at radius 1 is 1.33 bits per heavy atom. The highest BCUT2D eigenvalue weighted by Crippen LogP contribution is 2.28. The number of nitrogens with one attached hydrogen (secondary N) is 2. The highest BCUT2D eigenvalue weighted by molar-refractivity contribution is 7.13. The van der Waals surface area contributed by atoms with Crippen LogP contribution in [0.3, 0.4) is 0 Å². The molecular weight excluding hydrogens is 362 g/mol. The molecule has 0 aromatic carbocycles. The molecule has 2 N–H and O–H groups in total. The van der Waals surface area contributed by atoms with Crippen molar-refractivity contribution in [2.24, 2.45) is 5.41 Å². The van der Waals surface area contributed by atoms with Crippen molar-refractivity contribution >= 4 is 23.1 Å². The summed E-state index contributed by atoms with van der Waals surface area (Å²) >= 11 is 1.55. The minimum Gasteiger partial charge on any atom is -0.310 e. The zero-order valence-electron chi connectivity index (χ0n) is 15.9. The first-order valence-electron chi connectivity index (χ1n) is 8.84. The van der Waals surface area contributed by atoms with Crippen LogP contribution in [0.25, 0.3) is 16.5 Å². The first kappa shape index (κ1) is 19.0. The van der Waals surface area contributed by atoms with E-state index in [2.05, 4.69) is 20.4 Å². The Hall–Kier alpha value is -2.74. The fourth-order valence-corrected chi connectivity index (χ4v) is 3.14. The Labute approximate surface area is 161 Å². The molecule has 1 amide bonds. The van der Waals surface area contributed by atoms with Crippen LogP contribution in [0, 0.1) is 5.41 Å². The van der Waals surface area contributed by atoms with Gasteiger partial charge in [-0.1, -0.05) is 40.2 Å². The lowest BCUT2D eigenvalue weighted by atomic mass is 9.96. The van der Waals surface area contributed by atoms with Crippen LogP contribution in [-0.2, 0) is 11.2 Å². The van der Waals surface area contributed by atoms with Crippen molar-refractivity contribution in [3.63, 3.8) is 0 Å². The topological polar surface area (TPSA) is 92.7 Å². The maximum atomic E-state index is 12.5. The second-order valence-corrected chi connectivity index (χ2v) is 8.27. The summed E-state index contributed by atoms with van der Waals surface area (Å²) in [5.41, 5.74) is 0.586. The second-order valence-electron chi connectivity index (χ2n) is 7.32. The van der Waals surface area contributed by atoms with Gasteiger partial charge in [0.05, 0.1) is 4.88 Å². The number of H-pyrrole nitrogens is 1. The molecule has 0 saturated heterocycles. The summed E-state index contributed by atoms with van der Waals surface area (Å²) in [6.07, 6.45) is 1.57. The van der Waals surface area contributed by atoms with E-state index in [1.807, 2.05) is 45.2 Å². The molecule has 3 rings (SSSR count). The molecule has 3 aromatic heterocycles. The quantitative estimate of drug-likeness (QED) is 0.701. The normalized spacial score (nSPS) is 11.6. The zero-order valence-corrected chi connectivity index (χ0v) is 16.7. The Morgan fingerprint density at radius 2 is 2.11 bits per heavy atom. The third kappa shape index (κ3) is 4.33. The molecule has 0 radical (unpaired) electrons. The average Bonchev–Trinajstić information content (AvgIpc) is 3.23. The molecule has 3 aromatic rings. The molecule has 0 fully saturated rings. The van der Waals surface area contributed by atoms with Gasteiger partial charge in [-0.15, -0.1) is 11.3 Å². The highest BCUT2D eigenvalue weighted by Gasteiger charge is 2.24. The van der Waals surface area contributed by atoms with Crippen molar-refractivity contribution in [2.75, 3.05) is 5.32 Å². The SMILES string of the molecule is CCCc1cc(=O)[nH]c(-n2nc(-c3cccs3)cc2NC(=O)C(C)(C)C)n1. The van der Waals surface area contributed by atoms with Crippen molar-refractivity contribution in [3.8, 4) is 16.5 Å². The lowest BCUT2D eigenvalue weighted by Gasteiger charge is -2.17. The Kier molecular flexibility index (Phi) is 5.27. The number of amides is 1. The molecule has 0 aliphatic rings. The van der Waals surface area contributed by atoms with Gasteiger partial charge in [0, 0.05) is 23.2 Å². The van der Waals surface area contributed by atoms with Gasteiger partial charge in [-0.3, -0.25) is 14.6 Å². The number of anilines is 1. The van der Waals surface area contributed by atoms with Crippen LogP contribution >= 0.6 is 11.3 Å². The van der Waals surface area contributed by atoms with Crippen molar-refractivity contribution in [1.82, 2.24) is 19.7 Å². The third-order valence-corrected chi connectivity index (χ3v) is 4.79. The van der Waals surface area contributed by atoms with Crippen LogP contribution < -0.4 is 10.9 Å². The summed E-state index contributed by atoms with van der Waals surface area (Å²) in [6, 6.07) is 7.18. The van der Waals surface area contributed by atoms with Crippen molar-refractivity contribution in [1.29, 1.82) is 0 Å². The van der Waals surface area contributed by atoms with Gasteiger partial charge in [0.25, 0.3) is 5.56 Å². The average molecular weight is 385 g/mol. The number of nitrogens with zero attached hydrogens (tertiary/aromatic N) is 3. The molecule has 3 heterocycles. The van der Waals surface area contributed by atoms with E-state index < -0.39 is 5.41 Å². The summed E-state index contributed by atoms with van der Waals surface area (Å²) in [5, 5.41) is 9.45. The van der Waals surface area contributed by atoms with Gasteiger partial charge >= 0.3 is 0 Å². The maximum absolute atomic E-state index is 12.5. The smallest absolute Gasteiger partial charge is 0.252 e. The summed E-state index contributed by atoms with van der Waals surface area (Å²) in [5.74, 6) is 0.613. The number of aromatic nitrogens is 4. The Morgan fingerprint density at radius 3 is 2.74 bits per heavy atom. The molecule has 27 heavy (non-hydrogen) atoms. The lowest BCUT2D eigenvalue weighted by Crippen LogP contribution is -2.29. The number of aromatic amines is 1. The fraction of sp³-hybridized carbons (Fsp3) is 0.368. The van der Waals surface area contributed by atoms with Crippen LogP contribution in [0.5, 0.6) is 0 Å². The number of rotatable bonds is 5. The number of hydrogen-bond donors (Lipinski definition) is 2. The first-order valence-corrected chi connectivity index (χ1v) is 9.72. The summed E-state index contributed by atoms with van der Waals surface area (Å²) in [6.45, 7) is 7.54. The van der Waals surface area contributed by atoms with E-state index in [0.717, 1.165) is 11.3 Å². The third-order valence-electron chi connectivity index (χ3n) is 3.89. The number of hydrogen-bond acceptors (Lipinski definition) is 5. The van der Waals surface area contributed by atoms with Gasteiger partial charge < -0.3 is 5.32 Å². The van der Waals surface area contributed by atoms with Crippen molar-refractivity contribution in [2.45, 2.75) is 40.5 Å². The standard InChI is InChI=1S/C19H23N5O2S/c1-5-7-12-10-16(25)22-18(20-12)24-15(21-17(26)19(2,3)4)11-13(23-24)14-8-6-9-27-14/h6,8-11H,5,7H2,1-4H3,(H,21,26)(H,20,22,25). The number of carbonyl (C=O) groups is 1. The van der Waals surface area contributed by atoms with Crippen molar-refractivity contribution in [3.05, 3.63) is 45.7 Å². The molecule has 0 unspecified atom stereocenters. The van der Waals surface area contributed by atoms with Crippen molar-refractivity contribution < 1.29 is 4.79 Å². The molecule has 0 aliphatic carbocycles. The molecule has 8 heteroatoms. The fourth-order valence-electron chi connectivity index (χ4n) is 2.46. The first-order chi connectivity index (χ1) is 12.8. The van der Waals surface area contributed by atoms with Gasteiger partial charge in [-0.25, -0.2) is 4.98 Å². The molecule has 142 valence electrons. The van der Waals surface area contributed by atoms with Gasteiger partial charge in [-0.2, -0.15) is 9.78 Å². The summed E-state index contributed by atoms with van der Waals surface area (Å²) < 4.78 is 1.49. The molecule has 0 spiro atoms. The zero-order chi connectivity index (χ0) is 19.6. The minimum atomic E-state index is -0.566. The van der Waals surface area contributed by atoms with E-state index in [-0.39, 0.29) is 17.4 Å². The molecule has 0 aliphatic heterocycles. The number of carbonyl (C=O) groups excluding carboxylic acids is 1. The van der Waals surface area contributed by atoms with Crippen LogP contribution in [0.1, 0.15) is 39.8 Å². The minimum absolute atomic E-state index is 0.145. The van der Waals surface area contributed by atoms with Crippen LogP contribution in [-0.4, -0.2) is 25.7 Å². The Balaban J connectivity index is 2.10. The van der Waals surface area contributed by atoms with E-state index in [0.29, 0.717) is 23.6 Å². The molecule has 0 saturated carbocycles. The highest BCUT2D eigenvalue weighted by atomic mass is 32.1. The van der Waals surface area contributed by atoms with E-state index in [4.69, 9.17) is 0 Å². The van der Waals surface area contributed by atoms with E-state index in [9.17, 15) is 9.59 Å². The largest absolute Gasteiger partial charge is 0.310 e. The maximum Gasteiger partial charge on any atom is 0.252 e. The van der Waals surface area contributed by atoms with Gasteiger partial charge in [0.15, 0.2) is 0 Å². The van der Waals surface area contributed by atoms with E-state index >= 15 is 0 Å². The number of thiophene rings is 1. The van der Waals surface area contributed by atoms with Crippen LogP contribution in [0.15, 0.2) is 34.4 Å². The van der Waals surface area contributed by atoms with E-state index in [1.54, 1.807) is 17.4 Å². The van der Waals surface area contributed by atoms with Gasteiger partial charge in [0.2, 0.25) is 11.9 Å². The Bertz CT molecular complexity index is 996. The molecule has 0 bridgehead atoms. The second kappa shape index (κ2) is 7.48. The van der Waals surface area contributed by atoms with Gasteiger partial charge in [0.1, 0.15) is 11.5 Å². The van der Waals surface area contributed by atoms with Crippen LogP contribution in [0.4, 0.5) is 5.82 Å². The monoisotopic (exact) mass is 385 g/mol. The van der Waals surface area contributed by atoms with E-state index in [1.165, 1.54) is 10.7 Å². The number of aryl methyl sites for hydroxylation is 1.